The van der Waals surface area contributed by atoms with Gasteiger partial charge in [0.2, 0.25) is 0 Å². The molecule has 3 aromatic heterocycles. The number of aromatic nitrogens is 6. The van der Waals surface area contributed by atoms with E-state index in [4.69, 9.17) is 10.2 Å². The van der Waals surface area contributed by atoms with E-state index in [1.807, 2.05) is 69.0 Å². The minimum atomic E-state index is 0.734. The summed E-state index contributed by atoms with van der Waals surface area (Å²) in [5.41, 5.74) is 5.34. The lowest BCUT2D eigenvalue weighted by atomic mass is 10.3. The smallest absolute Gasteiger partial charge is 0.0769 e. The Hall–Kier alpha value is -3.97. The van der Waals surface area contributed by atoms with Crippen molar-refractivity contribution < 1.29 is 0 Å². The van der Waals surface area contributed by atoms with Gasteiger partial charge in [-0.15, -0.1) is 0 Å². The monoisotopic (exact) mass is 437 g/mol. The topological polar surface area (TPSA) is 56.7 Å². The number of hydrogen-bond acceptors (Lipinski definition) is 4. The Balaban J connectivity index is 1.32. The minimum Gasteiger partial charge on any atom is -0.290 e. The molecule has 0 saturated heterocycles. The third kappa shape index (κ3) is 5.27. The fourth-order valence-corrected chi connectivity index (χ4v) is 3.85. The van der Waals surface area contributed by atoms with E-state index in [9.17, 15) is 0 Å². The van der Waals surface area contributed by atoms with Crippen LogP contribution >= 0.6 is 0 Å². The molecule has 0 aliphatic rings. The highest BCUT2D eigenvalue weighted by Crippen LogP contribution is 2.13. The molecule has 166 valence electrons. The van der Waals surface area contributed by atoms with Crippen LogP contribution in [0.5, 0.6) is 0 Å². The second-order valence-electron chi connectivity index (χ2n) is 8.17. The van der Waals surface area contributed by atoms with Crippen molar-refractivity contribution >= 4 is 0 Å². The van der Waals surface area contributed by atoms with Gasteiger partial charge in [-0.05, 0) is 48.9 Å². The number of rotatable bonds is 9. The van der Waals surface area contributed by atoms with E-state index in [1.165, 1.54) is 5.56 Å². The van der Waals surface area contributed by atoms with Gasteiger partial charge in [0.15, 0.2) is 0 Å². The fourth-order valence-electron chi connectivity index (χ4n) is 3.85. The van der Waals surface area contributed by atoms with Gasteiger partial charge in [0.25, 0.3) is 0 Å². The van der Waals surface area contributed by atoms with Crippen LogP contribution in [0.4, 0.5) is 0 Å². The Kier molecular flexibility index (Phi) is 6.12. The Morgan fingerprint density at radius 1 is 0.727 bits per heavy atom. The average molecular weight is 438 g/mol. The van der Waals surface area contributed by atoms with E-state index in [0.717, 1.165) is 48.9 Å². The lowest BCUT2D eigenvalue weighted by Crippen LogP contribution is -2.27. The zero-order valence-electron chi connectivity index (χ0n) is 18.7. The average Bonchev–Trinajstić information content (AvgIpc) is 3.60. The van der Waals surface area contributed by atoms with Gasteiger partial charge < -0.3 is 0 Å². The van der Waals surface area contributed by atoms with Gasteiger partial charge in [-0.2, -0.15) is 15.3 Å². The molecule has 0 amide bonds. The number of para-hydroxylation sites is 2. The van der Waals surface area contributed by atoms with E-state index in [-0.39, 0.29) is 0 Å². The van der Waals surface area contributed by atoms with Crippen molar-refractivity contribution in [2.75, 3.05) is 6.54 Å². The third-order valence-corrected chi connectivity index (χ3v) is 5.51. The van der Waals surface area contributed by atoms with Crippen molar-refractivity contribution in [1.82, 2.24) is 34.2 Å². The number of hydrogen-bond donors (Lipinski definition) is 0. The maximum absolute atomic E-state index is 4.80. The summed E-state index contributed by atoms with van der Waals surface area (Å²) in [5.74, 6) is 0. The molecule has 5 rings (SSSR count). The summed E-state index contributed by atoms with van der Waals surface area (Å²) in [6, 6.07) is 24.5. The predicted molar refractivity (Wildman–Crippen MR) is 128 cm³/mol. The molecule has 33 heavy (non-hydrogen) atoms. The first-order valence-corrected chi connectivity index (χ1v) is 11.1. The molecule has 5 aromatic rings. The highest BCUT2D eigenvalue weighted by Gasteiger charge is 2.13. The molecular weight excluding hydrogens is 410 g/mol. The highest BCUT2D eigenvalue weighted by molar-refractivity contribution is 5.31. The number of benzene rings is 2. The van der Waals surface area contributed by atoms with Crippen LogP contribution in [-0.2, 0) is 19.6 Å². The van der Waals surface area contributed by atoms with Crippen molar-refractivity contribution in [2.45, 2.75) is 26.6 Å². The maximum Gasteiger partial charge on any atom is 0.0769 e. The lowest BCUT2D eigenvalue weighted by Gasteiger charge is -2.20. The molecule has 0 atom stereocenters. The number of aryl methyl sites for hydroxylation is 1. The molecule has 7 heteroatoms. The molecule has 0 aliphatic carbocycles. The first kappa shape index (κ1) is 20.9. The van der Waals surface area contributed by atoms with Crippen molar-refractivity contribution in [1.29, 1.82) is 0 Å². The summed E-state index contributed by atoms with van der Waals surface area (Å²) >= 11 is 0. The molecule has 0 fully saturated rings. The van der Waals surface area contributed by atoms with Crippen LogP contribution in [0.15, 0.2) is 97.6 Å². The Morgan fingerprint density at radius 3 is 1.76 bits per heavy atom. The van der Waals surface area contributed by atoms with Gasteiger partial charge in [0, 0.05) is 38.2 Å². The van der Waals surface area contributed by atoms with Crippen molar-refractivity contribution in [3.63, 3.8) is 0 Å². The summed E-state index contributed by atoms with van der Waals surface area (Å²) in [4.78, 5) is 2.37. The molecule has 0 bridgehead atoms. The molecular formula is C26H27N7. The van der Waals surface area contributed by atoms with Crippen LogP contribution in [0.25, 0.3) is 11.4 Å². The molecule has 7 nitrogen and oxygen atoms in total. The summed E-state index contributed by atoms with van der Waals surface area (Å²) in [5, 5.41) is 14.0. The van der Waals surface area contributed by atoms with E-state index >= 15 is 0 Å². The van der Waals surface area contributed by atoms with Crippen molar-refractivity contribution in [3.05, 3.63) is 115 Å². The molecule has 2 aromatic carbocycles. The van der Waals surface area contributed by atoms with Crippen molar-refractivity contribution in [2.24, 2.45) is 0 Å². The molecule has 0 unspecified atom stereocenters. The fraction of sp³-hybridized carbons (Fsp3) is 0.192. The summed E-state index contributed by atoms with van der Waals surface area (Å²) in [7, 11) is 0. The van der Waals surface area contributed by atoms with Crippen LogP contribution in [0.2, 0.25) is 0 Å². The quantitative estimate of drug-likeness (QED) is 0.346. The number of nitrogens with zero attached hydrogens (tertiary/aromatic N) is 7. The zero-order chi connectivity index (χ0) is 22.5. The Labute approximate surface area is 193 Å². The second-order valence-corrected chi connectivity index (χ2v) is 8.17. The van der Waals surface area contributed by atoms with Gasteiger partial charge in [-0.1, -0.05) is 36.4 Å². The van der Waals surface area contributed by atoms with E-state index in [2.05, 4.69) is 59.5 Å². The highest BCUT2D eigenvalue weighted by atomic mass is 15.3. The largest absolute Gasteiger partial charge is 0.290 e. The molecule has 0 N–H and O–H groups in total. The molecule has 0 saturated carbocycles. The van der Waals surface area contributed by atoms with Gasteiger partial charge in [-0.3, -0.25) is 9.58 Å². The van der Waals surface area contributed by atoms with Crippen LogP contribution in [0.3, 0.4) is 0 Å². The van der Waals surface area contributed by atoms with Crippen LogP contribution in [0, 0.1) is 6.92 Å². The minimum absolute atomic E-state index is 0.734. The van der Waals surface area contributed by atoms with Crippen LogP contribution < -0.4 is 0 Å². The normalized spacial score (nSPS) is 11.3. The van der Waals surface area contributed by atoms with E-state index < -0.39 is 0 Å². The first-order chi connectivity index (χ1) is 16.2. The Bertz CT molecular complexity index is 1200. The standard InChI is InChI=1S/C26H27N7/c1-22-18-27-31(19-22)17-16-30(20-23-12-14-32(28-23)25-8-4-2-5-9-25)21-24-13-15-33(29-24)26-10-6-3-7-11-26/h2-15,18-19H,16-17,20-21H2,1H3. The molecule has 0 radical (unpaired) electrons. The van der Waals surface area contributed by atoms with Crippen molar-refractivity contribution in [3.8, 4) is 11.4 Å². The van der Waals surface area contributed by atoms with Gasteiger partial charge in [-0.25, -0.2) is 9.36 Å². The molecule has 0 aliphatic heterocycles. The van der Waals surface area contributed by atoms with E-state index in [1.54, 1.807) is 0 Å². The molecule has 3 heterocycles. The lowest BCUT2D eigenvalue weighted by molar-refractivity contribution is 0.236. The third-order valence-electron chi connectivity index (χ3n) is 5.51. The predicted octanol–water partition coefficient (Wildman–Crippen LogP) is 4.27. The van der Waals surface area contributed by atoms with Crippen LogP contribution in [0.1, 0.15) is 17.0 Å². The first-order valence-electron chi connectivity index (χ1n) is 11.1. The van der Waals surface area contributed by atoms with Gasteiger partial charge in [0.1, 0.15) is 0 Å². The SMILES string of the molecule is Cc1cnn(CCN(Cc2ccn(-c3ccccc3)n2)Cc2ccn(-c3ccccc3)n2)c1. The second kappa shape index (κ2) is 9.67. The molecule has 0 spiro atoms. The summed E-state index contributed by atoms with van der Waals surface area (Å²) in [6.07, 6.45) is 8.01. The zero-order valence-corrected chi connectivity index (χ0v) is 18.7. The summed E-state index contributed by atoms with van der Waals surface area (Å²) < 4.78 is 5.84. The maximum atomic E-state index is 4.80. The van der Waals surface area contributed by atoms with Crippen LogP contribution in [-0.4, -0.2) is 40.8 Å². The van der Waals surface area contributed by atoms with Gasteiger partial charge >= 0.3 is 0 Å². The Morgan fingerprint density at radius 2 is 1.27 bits per heavy atom. The van der Waals surface area contributed by atoms with Gasteiger partial charge in [0.05, 0.1) is 35.5 Å². The van der Waals surface area contributed by atoms with E-state index in [0.29, 0.717) is 0 Å². The summed E-state index contributed by atoms with van der Waals surface area (Å²) in [6.45, 7) is 5.19.